The summed E-state index contributed by atoms with van der Waals surface area (Å²) in [5.74, 6) is 0.530. The minimum Gasteiger partial charge on any atom is -0.457 e. The van der Waals surface area contributed by atoms with Gasteiger partial charge in [0.2, 0.25) is 0 Å². The number of nitrogens with zero attached hydrogens (tertiary/aromatic N) is 1. The van der Waals surface area contributed by atoms with Crippen LogP contribution in [0.3, 0.4) is 0 Å². The predicted octanol–water partition coefficient (Wildman–Crippen LogP) is 4.82. The summed E-state index contributed by atoms with van der Waals surface area (Å²) in [7, 11) is 0. The van der Waals surface area contributed by atoms with E-state index in [1.54, 1.807) is 18.2 Å². The molecule has 0 saturated heterocycles. The van der Waals surface area contributed by atoms with E-state index in [2.05, 4.69) is 5.32 Å². The molecule has 5 heteroatoms. The van der Waals surface area contributed by atoms with Crippen molar-refractivity contribution in [2.45, 2.75) is 6.54 Å². The van der Waals surface area contributed by atoms with Crippen LogP contribution < -0.4 is 5.32 Å². The number of carbonyl (C=O) groups is 1. The van der Waals surface area contributed by atoms with Crippen molar-refractivity contribution in [3.05, 3.63) is 88.6 Å². The van der Waals surface area contributed by atoms with Gasteiger partial charge in [-0.2, -0.15) is 5.26 Å². The average molecular weight is 363 g/mol. The predicted molar refractivity (Wildman–Crippen MR) is 101 cm³/mol. The van der Waals surface area contributed by atoms with E-state index in [1.807, 2.05) is 54.6 Å². The molecular weight excluding hydrogens is 348 g/mol. The van der Waals surface area contributed by atoms with Crippen LogP contribution in [-0.2, 0) is 11.3 Å². The van der Waals surface area contributed by atoms with Gasteiger partial charge in [-0.05, 0) is 29.8 Å². The average Bonchev–Trinajstić information content (AvgIpc) is 3.13. The third kappa shape index (κ3) is 4.21. The van der Waals surface area contributed by atoms with Gasteiger partial charge >= 0.3 is 0 Å². The molecule has 128 valence electrons. The maximum atomic E-state index is 12.2. The number of halogens is 1. The zero-order valence-corrected chi connectivity index (χ0v) is 14.5. The van der Waals surface area contributed by atoms with Crippen LogP contribution in [0.1, 0.15) is 11.3 Å². The van der Waals surface area contributed by atoms with Crippen molar-refractivity contribution in [3.63, 3.8) is 0 Å². The van der Waals surface area contributed by atoms with Gasteiger partial charge in [0.05, 0.1) is 5.02 Å². The number of nitriles is 1. The van der Waals surface area contributed by atoms with Gasteiger partial charge in [0.15, 0.2) is 0 Å². The van der Waals surface area contributed by atoms with Crippen LogP contribution in [0.4, 0.5) is 0 Å². The van der Waals surface area contributed by atoms with Crippen LogP contribution in [-0.4, -0.2) is 5.91 Å². The molecule has 26 heavy (non-hydrogen) atoms. The molecule has 1 aromatic heterocycles. The van der Waals surface area contributed by atoms with E-state index < -0.39 is 5.91 Å². The Bertz CT molecular complexity index is 985. The molecule has 3 aromatic rings. The van der Waals surface area contributed by atoms with E-state index >= 15 is 0 Å². The number of hydrogen-bond acceptors (Lipinski definition) is 3. The summed E-state index contributed by atoms with van der Waals surface area (Å²) in [6.07, 6.45) is 1.42. The van der Waals surface area contributed by atoms with Crippen LogP contribution in [0, 0.1) is 11.3 Å². The van der Waals surface area contributed by atoms with E-state index in [-0.39, 0.29) is 5.57 Å². The summed E-state index contributed by atoms with van der Waals surface area (Å²) in [4.78, 5) is 12.2. The lowest BCUT2D eigenvalue weighted by atomic mass is 10.2. The molecule has 3 rings (SSSR count). The molecular formula is C21H15ClN2O2. The third-order valence-corrected chi connectivity index (χ3v) is 4.04. The van der Waals surface area contributed by atoms with E-state index in [4.69, 9.17) is 16.0 Å². The fourth-order valence-corrected chi connectivity index (χ4v) is 2.63. The summed E-state index contributed by atoms with van der Waals surface area (Å²) < 4.78 is 5.70. The summed E-state index contributed by atoms with van der Waals surface area (Å²) >= 11 is 6.16. The summed E-state index contributed by atoms with van der Waals surface area (Å²) in [5.41, 5.74) is 1.68. The molecule has 1 N–H and O–H groups in total. The molecule has 0 unspecified atom stereocenters. The first kappa shape index (κ1) is 17.5. The monoisotopic (exact) mass is 362 g/mol. The van der Waals surface area contributed by atoms with Gasteiger partial charge in [0.1, 0.15) is 23.2 Å². The zero-order chi connectivity index (χ0) is 18.4. The van der Waals surface area contributed by atoms with E-state index in [0.29, 0.717) is 23.1 Å². The highest BCUT2D eigenvalue weighted by molar-refractivity contribution is 6.33. The number of rotatable bonds is 5. The Kier molecular flexibility index (Phi) is 5.52. The van der Waals surface area contributed by atoms with E-state index in [1.165, 1.54) is 6.08 Å². The van der Waals surface area contributed by atoms with Crippen molar-refractivity contribution in [2.75, 3.05) is 0 Å². The molecule has 0 atom stereocenters. The molecule has 0 bridgehead atoms. The van der Waals surface area contributed by atoms with Crippen LogP contribution >= 0.6 is 11.6 Å². The summed E-state index contributed by atoms with van der Waals surface area (Å²) in [6.45, 7) is 0.349. The smallest absolute Gasteiger partial charge is 0.262 e. The quantitative estimate of drug-likeness (QED) is 0.522. The van der Waals surface area contributed by atoms with Crippen LogP contribution in [0.25, 0.3) is 17.4 Å². The van der Waals surface area contributed by atoms with Crippen molar-refractivity contribution < 1.29 is 9.21 Å². The van der Waals surface area contributed by atoms with Crippen LogP contribution in [0.5, 0.6) is 0 Å². The normalized spacial score (nSPS) is 11.0. The Morgan fingerprint density at radius 3 is 2.54 bits per heavy atom. The first-order valence-electron chi connectivity index (χ1n) is 7.96. The second-order valence-electron chi connectivity index (χ2n) is 5.52. The topological polar surface area (TPSA) is 66.0 Å². The highest BCUT2D eigenvalue weighted by Gasteiger charge is 2.12. The molecule has 0 spiro atoms. The second kappa shape index (κ2) is 8.19. The highest BCUT2D eigenvalue weighted by Crippen LogP contribution is 2.29. The van der Waals surface area contributed by atoms with Crippen LogP contribution in [0.2, 0.25) is 5.02 Å². The molecule has 0 aliphatic heterocycles. The molecule has 1 heterocycles. The molecule has 2 aromatic carbocycles. The molecule has 1 amide bonds. The van der Waals surface area contributed by atoms with Gasteiger partial charge in [-0.1, -0.05) is 54.1 Å². The fraction of sp³-hybridized carbons (Fsp3) is 0.0476. The molecule has 0 saturated carbocycles. The third-order valence-electron chi connectivity index (χ3n) is 3.71. The Labute approximate surface area is 156 Å². The largest absolute Gasteiger partial charge is 0.457 e. The van der Waals surface area contributed by atoms with Gasteiger partial charge in [-0.25, -0.2) is 0 Å². The lowest BCUT2D eigenvalue weighted by Crippen LogP contribution is -2.23. The highest BCUT2D eigenvalue weighted by atomic mass is 35.5. The SMILES string of the molecule is N#C/C(=C\c1ccc(-c2ccccc2Cl)o1)C(=O)NCc1ccccc1. The lowest BCUT2D eigenvalue weighted by molar-refractivity contribution is -0.117. The summed E-state index contributed by atoms with van der Waals surface area (Å²) in [6, 6.07) is 22.1. The van der Waals surface area contributed by atoms with E-state index in [0.717, 1.165) is 11.1 Å². The maximum absolute atomic E-state index is 12.2. The van der Waals surface area contributed by atoms with Crippen molar-refractivity contribution in [1.82, 2.24) is 5.32 Å². The molecule has 0 aliphatic rings. The molecule has 0 radical (unpaired) electrons. The second-order valence-corrected chi connectivity index (χ2v) is 5.93. The Balaban J connectivity index is 1.74. The first-order valence-corrected chi connectivity index (χ1v) is 8.34. The number of carbonyl (C=O) groups excluding carboxylic acids is 1. The van der Waals surface area contributed by atoms with Crippen molar-refractivity contribution in [3.8, 4) is 17.4 Å². The van der Waals surface area contributed by atoms with Crippen molar-refractivity contribution >= 4 is 23.6 Å². The van der Waals surface area contributed by atoms with Gasteiger partial charge in [-0.3, -0.25) is 4.79 Å². The molecule has 0 fully saturated rings. The van der Waals surface area contributed by atoms with Crippen LogP contribution in [0.15, 0.2) is 76.7 Å². The number of nitrogens with one attached hydrogen (secondary N) is 1. The molecule has 0 aliphatic carbocycles. The van der Waals surface area contributed by atoms with Gasteiger partial charge in [0, 0.05) is 18.2 Å². The fourth-order valence-electron chi connectivity index (χ4n) is 2.40. The van der Waals surface area contributed by atoms with Crippen molar-refractivity contribution in [2.24, 2.45) is 0 Å². The van der Waals surface area contributed by atoms with Gasteiger partial charge in [0.25, 0.3) is 5.91 Å². The van der Waals surface area contributed by atoms with Crippen molar-refractivity contribution in [1.29, 1.82) is 5.26 Å². The minimum absolute atomic E-state index is 0.0269. The van der Waals surface area contributed by atoms with Gasteiger partial charge < -0.3 is 9.73 Å². The Hall–Kier alpha value is -3.29. The molecule has 4 nitrogen and oxygen atoms in total. The minimum atomic E-state index is -0.452. The maximum Gasteiger partial charge on any atom is 0.262 e. The number of furan rings is 1. The number of amides is 1. The Morgan fingerprint density at radius 1 is 1.08 bits per heavy atom. The van der Waals surface area contributed by atoms with E-state index in [9.17, 15) is 10.1 Å². The zero-order valence-electron chi connectivity index (χ0n) is 13.8. The first-order chi connectivity index (χ1) is 12.7. The number of hydrogen-bond donors (Lipinski definition) is 1. The summed E-state index contributed by atoms with van der Waals surface area (Å²) in [5, 5.41) is 12.6. The standard InChI is InChI=1S/C21H15ClN2O2/c22-19-9-5-4-8-18(19)20-11-10-17(26-20)12-16(13-23)21(25)24-14-15-6-2-1-3-7-15/h1-12H,14H2,(H,24,25)/b16-12+. The number of benzene rings is 2. The van der Waals surface area contributed by atoms with Gasteiger partial charge in [-0.15, -0.1) is 0 Å². The lowest BCUT2D eigenvalue weighted by Gasteiger charge is -2.04. The Morgan fingerprint density at radius 2 is 1.81 bits per heavy atom.